The number of carbonyl (C=O) groups excluding carboxylic acids is 3. The Hall–Kier alpha value is -2.75. The Bertz CT molecular complexity index is 877. The summed E-state index contributed by atoms with van der Waals surface area (Å²) in [5.74, 6) is -0.663. The lowest BCUT2D eigenvalue weighted by Crippen LogP contribution is -2.52. The van der Waals surface area contributed by atoms with Crippen LogP contribution in [0.3, 0.4) is 0 Å². The van der Waals surface area contributed by atoms with Crippen molar-refractivity contribution in [2.24, 2.45) is 5.92 Å². The zero-order valence-electron chi connectivity index (χ0n) is 18.5. The van der Waals surface area contributed by atoms with Gasteiger partial charge in [0, 0.05) is 50.4 Å². The van der Waals surface area contributed by atoms with Crippen molar-refractivity contribution in [3.63, 3.8) is 0 Å². The van der Waals surface area contributed by atoms with Crippen molar-refractivity contribution in [3.8, 4) is 0 Å². The van der Waals surface area contributed by atoms with Crippen molar-refractivity contribution < 1.29 is 18.8 Å². The van der Waals surface area contributed by atoms with Gasteiger partial charge in [-0.05, 0) is 45.2 Å². The van der Waals surface area contributed by atoms with E-state index in [2.05, 4.69) is 20.9 Å². The molecule has 1 aliphatic carbocycles. The Morgan fingerprint density at radius 1 is 1.22 bits per heavy atom. The minimum absolute atomic E-state index is 0.00889. The average molecular weight is 447 g/mol. The SMILES string of the molecule is CC(C)NC(=O)N[C@H]1C[C@H]2CN(Cc3ncccc3F)C[C@H](NC(=O)C3CC3)C(=O)N2C1. The van der Waals surface area contributed by atoms with Crippen molar-refractivity contribution in [2.75, 3.05) is 19.6 Å². The number of nitrogens with one attached hydrogen (secondary N) is 3. The minimum Gasteiger partial charge on any atom is -0.343 e. The molecule has 0 radical (unpaired) electrons. The van der Waals surface area contributed by atoms with E-state index in [1.807, 2.05) is 18.7 Å². The van der Waals surface area contributed by atoms with E-state index in [1.54, 1.807) is 17.2 Å². The maximum absolute atomic E-state index is 14.2. The Labute approximate surface area is 187 Å². The third kappa shape index (κ3) is 5.35. The molecule has 174 valence electrons. The topological polar surface area (TPSA) is 107 Å². The van der Waals surface area contributed by atoms with Gasteiger partial charge < -0.3 is 20.9 Å². The summed E-state index contributed by atoms with van der Waals surface area (Å²) < 4.78 is 14.2. The molecule has 4 amide bonds. The first-order valence-electron chi connectivity index (χ1n) is 11.3. The van der Waals surface area contributed by atoms with E-state index in [-0.39, 0.29) is 48.4 Å². The molecule has 0 unspecified atom stereocenters. The summed E-state index contributed by atoms with van der Waals surface area (Å²) in [6, 6.07) is 1.63. The highest BCUT2D eigenvalue weighted by atomic mass is 19.1. The molecule has 3 fully saturated rings. The van der Waals surface area contributed by atoms with Crippen LogP contribution in [0.4, 0.5) is 9.18 Å². The number of amides is 4. The number of aromatic nitrogens is 1. The maximum atomic E-state index is 14.2. The second-order valence-electron chi connectivity index (χ2n) is 9.31. The number of carbonyl (C=O) groups is 3. The van der Waals surface area contributed by atoms with Crippen LogP contribution in [0.15, 0.2) is 18.3 Å². The van der Waals surface area contributed by atoms with Gasteiger partial charge in [0.25, 0.3) is 0 Å². The Morgan fingerprint density at radius 3 is 2.69 bits per heavy atom. The Balaban J connectivity index is 1.49. The smallest absolute Gasteiger partial charge is 0.315 e. The Morgan fingerprint density at radius 2 is 2.00 bits per heavy atom. The number of hydrogen-bond acceptors (Lipinski definition) is 5. The zero-order valence-corrected chi connectivity index (χ0v) is 18.5. The van der Waals surface area contributed by atoms with Gasteiger partial charge in [0.05, 0.1) is 11.7 Å². The lowest BCUT2D eigenvalue weighted by atomic mass is 10.1. The summed E-state index contributed by atoms with van der Waals surface area (Å²) in [7, 11) is 0. The molecule has 1 aromatic heterocycles. The van der Waals surface area contributed by atoms with Crippen LogP contribution in [0, 0.1) is 11.7 Å². The van der Waals surface area contributed by atoms with Gasteiger partial charge in [-0.1, -0.05) is 0 Å². The summed E-state index contributed by atoms with van der Waals surface area (Å²) in [6.45, 7) is 5.20. The molecule has 2 aliphatic heterocycles. The molecule has 32 heavy (non-hydrogen) atoms. The highest BCUT2D eigenvalue weighted by molar-refractivity contribution is 5.90. The third-order valence-corrected chi connectivity index (χ3v) is 6.13. The van der Waals surface area contributed by atoms with Crippen molar-refractivity contribution in [1.82, 2.24) is 30.7 Å². The van der Waals surface area contributed by atoms with Gasteiger partial charge in [-0.3, -0.25) is 19.5 Å². The largest absolute Gasteiger partial charge is 0.343 e. The molecule has 3 aliphatic rings. The van der Waals surface area contributed by atoms with Crippen LogP contribution in [0.2, 0.25) is 0 Å². The first-order valence-corrected chi connectivity index (χ1v) is 11.3. The number of halogens is 1. The van der Waals surface area contributed by atoms with Gasteiger partial charge in [0.15, 0.2) is 0 Å². The van der Waals surface area contributed by atoms with E-state index in [4.69, 9.17) is 0 Å². The first kappa shape index (κ1) is 22.4. The van der Waals surface area contributed by atoms with Crippen LogP contribution in [-0.2, 0) is 16.1 Å². The number of pyridine rings is 1. The lowest BCUT2D eigenvalue weighted by molar-refractivity contribution is -0.136. The van der Waals surface area contributed by atoms with Gasteiger partial charge in [-0.2, -0.15) is 0 Å². The Kier molecular flexibility index (Phi) is 6.59. The van der Waals surface area contributed by atoms with E-state index >= 15 is 0 Å². The average Bonchev–Trinajstić information content (AvgIpc) is 3.51. The van der Waals surface area contributed by atoms with E-state index in [9.17, 15) is 18.8 Å². The number of hydrogen-bond donors (Lipinski definition) is 3. The highest BCUT2D eigenvalue weighted by Gasteiger charge is 2.44. The highest BCUT2D eigenvalue weighted by Crippen LogP contribution is 2.30. The van der Waals surface area contributed by atoms with Crippen molar-refractivity contribution in [3.05, 3.63) is 29.8 Å². The molecular formula is C22H31FN6O3. The molecule has 0 bridgehead atoms. The van der Waals surface area contributed by atoms with Gasteiger partial charge >= 0.3 is 6.03 Å². The second-order valence-corrected chi connectivity index (χ2v) is 9.31. The number of fused-ring (bicyclic) bond motifs is 1. The van der Waals surface area contributed by atoms with Crippen LogP contribution in [-0.4, -0.2) is 76.4 Å². The quantitative estimate of drug-likeness (QED) is 0.594. The molecule has 3 atom stereocenters. The summed E-state index contributed by atoms with van der Waals surface area (Å²) in [4.78, 5) is 45.8. The van der Waals surface area contributed by atoms with Gasteiger partial charge in [-0.25, -0.2) is 9.18 Å². The monoisotopic (exact) mass is 446 g/mol. The normalized spacial score (nSPS) is 25.9. The standard InChI is InChI=1S/C22H31FN6O3/c1-13(2)25-22(32)26-15-8-16-10-28(11-18-17(23)4-3-7-24-18)12-19(21(31)29(16)9-15)27-20(30)14-5-6-14/h3-4,7,13-16,19H,5-6,8-12H2,1-2H3,(H,27,30)(H2,25,26,32)/t15-,16-,19-/m0/s1. The third-order valence-electron chi connectivity index (χ3n) is 6.13. The van der Waals surface area contributed by atoms with Crippen LogP contribution in [0.5, 0.6) is 0 Å². The minimum atomic E-state index is -0.705. The fourth-order valence-electron chi connectivity index (χ4n) is 4.48. The molecule has 0 spiro atoms. The lowest BCUT2D eigenvalue weighted by Gasteiger charge is -2.25. The molecule has 2 saturated heterocycles. The first-order chi connectivity index (χ1) is 15.3. The second kappa shape index (κ2) is 9.40. The fourth-order valence-corrected chi connectivity index (χ4v) is 4.48. The van der Waals surface area contributed by atoms with Crippen molar-refractivity contribution in [2.45, 2.75) is 63.8 Å². The van der Waals surface area contributed by atoms with Gasteiger partial charge in [0.2, 0.25) is 11.8 Å². The molecule has 3 heterocycles. The summed E-state index contributed by atoms with van der Waals surface area (Å²) in [6.07, 6.45) is 3.84. The van der Waals surface area contributed by atoms with Crippen LogP contribution in [0.25, 0.3) is 0 Å². The number of rotatable bonds is 6. The van der Waals surface area contributed by atoms with Crippen LogP contribution >= 0.6 is 0 Å². The van der Waals surface area contributed by atoms with E-state index in [0.717, 1.165) is 12.8 Å². The number of urea groups is 1. The molecule has 9 nitrogen and oxygen atoms in total. The van der Waals surface area contributed by atoms with E-state index in [1.165, 1.54) is 6.07 Å². The summed E-state index contributed by atoms with van der Waals surface area (Å²) in [5, 5.41) is 8.66. The zero-order chi connectivity index (χ0) is 22.8. The molecular weight excluding hydrogens is 415 g/mol. The molecule has 4 rings (SSSR count). The summed E-state index contributed by atoms with van der Waals surface area (Å²) >= 11 is 0. The predicted octanol–water partition coefficient (Wildman–Crippen LogP) is 0.608. The molecule has 1 aromatic rings. The predicted molar refractivity (Wildman–Crippen MR) is 115 cm³/mol. The van der Waals surface area contributed by atoms with Crippen molar-refractivity contribution in [1.29, 1.82) is 0 Å². The van der Waals surface area contributed by atoms with Crippen molar-refractivity contribution >= 4 is 17.8 Å². The maximum Gasteiger partial charge on any atom is 0.315 e. The summed E-state index contributed by atoms with van der Waals surface area (Å²) in [5.41, 5.74) is 0.310. The van der Waals surface area contributed by atoms with Gasteiger partial charge in [0.1, 0.15) is 11.9 Å². The van der Waals surface area contributed by atoms with Gasteiger partial charge in [-0.15, -0.1) is 0 Å². The molecule has 0 aromatic carbocycles. The number of nitrogens with zero attached hydrogens (tertiary/aromatic N) is 3. The van der Waals surface area contributed by atoms with E-state index in [0.29, 0.717) is 31.7 Å². The molecule has 3 N–H and O–H groups in total. The fraction of sp³-hybridized carbons (Fsp3) is 0.636. The molecule has 1 saturated carbocycles. The van der Waals surface area contributed by atoms with E-state index < -0.39 is 11.9 Å². The molecule has 10 heteroatoms. The van der Waals surface area contributed by atoms with Crippen LogP contribution in [0.1, 0.15) is 38.8 Å². The van der Waals surface area contributed by atoms with Crippen LogP contribution < -0.4 is 16.0 Å².